The number of carbonyl (C=O) groups is 2. The standard InChI is InChI=1S/C23H29N3O3/c1-23(2,3)29-22(28)26-16-9-13-20(26)21(27)25(19-11-5-4-6-12-19)17-14-18-10-7-8-15-24-18/h4-8,10-12,15,20H,9,13-14,16-17H2,1-3H3/t20-/m0/s1. The Bertz CT molecular complexity index is 818. The highest BCUT2D eigenvalue weighted by atomic mass is 16.6. The second-order valence-electron chi connectivity index (χ2n) is 8.23. The van der Waals surface area contributed by atoms with Crippen molar-refractivity contribution in [3.05, 3.63) is 60.4 Å². The number of carbonyl (C=O) groups excluding carboxylic acids is 2. The number of amides is 2. The quantitative estimate of drug-likeness (QED) is 0.766. The zero-order valence-corrected chi connectivity index (χ0v) is 17.4. The second kappa shape index (κ2) is 9.07. The highest BCUT2D eigenvalue weighted by molar-refractivity contribution is 5.99. The zero-order chi connectivity index (χ0) is 20.9. The van der Waals surface area contributed by atoms with E-state index in [1.807, 2.05) is 69.3 Å². The summed E-state index contributed by atoms with van der Waals surface area (Å²) in [5.74, 6) is -0.0736. The average molecular weight is 396 g/mol. The van der Waals surface area contributed by atoms with Crippen molar-refractivity contribution in [3.8, 4) is 0 Å². The zero-order valence-electron chi connectivity index (χ0n) is 17.4. The molecule has 1 saturated heterocycles. The van der Waals surface area contributed by atoms with Crippen molar-refractivity contribution < 1.29 is 14.3 Å². The number of benzene rings is 1. The van der Waals surface area contributed by atoms with Crippen LogP contribution in [0.2, 0.25) is 0 Å². The van der Waals surface area contributed by atoms with Gasteiger partial charge >= 0.3 is 6.09 Å². The molecular formula is C23H29N3O3. The first-order valence-electron chi connectivity index (χ1n) is 10.1. The first kappa shape index (κ1) is 20.8. The molecule has 1 aromatic heterocycles. The summed E-state index contributed by atoms with van der Waals surface area (Å²) in [6, 6.07) is 14.9. The SMILES string of the molecule is CC(C)(C)OC(=O)N1CCC[C@H]1C(=O)N(CCc1ccccn1)c1ccccc1. The Labute approximate surface area is 172 Å². The third-order valence-electron chi connectivity index (χ3n) is 4.82. The van der Waals surface area contributed by atoms with E-state index >= 15 is 0 Å². The van der Waals surface area contributed by atoms with E-state index in [-0.39, 0.29) is 5.91 Å². The van der Waals surface area contributed by atoms with Crippen LogP contribution < -0.4 is 4.90 Å². The minimum atomic E-state index is -0.592. The molecule has 3 rings (SSSR count). The Balaban J connectivity index is 1.79. The van der Waals surface area contributed by atoms with Crippen LogP contribution >= 0.6 is 0 Å². The van der Waals surface area contributed by atoms with Gasteiger partial charge in [0.1, 0.15) is 11.6 Å². The van der Waals surface area contributed by atoms with Gasteiger partial charge in [-0.2, -0.15) is 0 Å². The first-order chi connectivity index (χ1) is 13.8. The van der Waals surface area contributed by atoms with E-state index in [4.69, 9.17) is 4.74 Å². The monoisotopic (exact) mass is 395 g/mol. The lowest BCUT2D eigenvalue weighted by molar-refractivity contribution is -0.122. The van der Waals surface area contributed by atoms with Gasteiger partial charge in [0.2, 0.25) is 5.91 Å². The van der Waals surface area contributed by atoms with Gasteiger partial charge in [0.05, 0.1) is 0 Å². The Morgan fingerprint density at radius 2 is 1.86 bits per heavy atom. The highest BCUT2D eigenvalue weighted by Crippen LogP contribution is 2.25. The molecule has 29 heavy (non-hydrogen) atoms. The van der Waals surface area contributed by atoms with Crippen molar-refractivity contribution in [2.24, 2.45) is 0 Å². The number of hydrogen-bond acceptors (Lipinski definition) is 4. The summed E-state index contributed by atoms with van der Waals surface area (Å²) in [4.78, 5) is 33.8. The van der Waals surface area contributed by atoms with Crippen molar-refractivity contribution in [2.75, 3.05) is 18.0 Å². The molecule has 1 aliphatic rings. The molecule has 154 valence electrons. The number of likely N-dealkylation sites (tertiary alicyclic amines) is 1. The van der Waals surface area contributed by atoms with Crippen LogP contribution in [0.4, 0.5) is 10.5 Å². The van der Waals surface area contributed by atoms with Gasteiger partial charge in [0.15, 0.2) is 0 Å². The third kappa shape index (κ3) is 5.56. The topological polar surface area (TPSA) is 62.7 Å². The minimum absolute atomic E-state index is 0.0736. The summed E-state index contributed by atoms with van der Waals surface area (Å²) in [5.41, 5.74) is 1.16. The molecule has 0 aliphatic carbocycles. The molecule has 1 aliphatic heterocycles. The number of anilines is 1. The number of nitrogens with zero attached hydrogens (tertiary/aromatic N) is 3. The summed E-state index contributed by atoms with van der Waals surface area (Å²) in [7, 11) is 0. The number of para-hydroxylation sites is 1. The summed E-state index contributed by atoms with van der Waals surface area (Å²) in [6.07, 6.45) is 3.40. The summed E-state index contributed by atoms with van der Waals surface area (Å²) in [5, 5.41) is 0. The Hall–Kier alpha value is -2.89. The summed E-state index contributed by atoms with van der Waals surface area (Å²) in [6.45, 7) is 6.54. The van der Waals surface area contributed by atoms with Crippen LogP contribution in [0.3, 0.4) is 0 Å². The van der Waals surface area contributed by atoms with Crippen LogP contribution in [-0.4, -0.2) is 46.6 Å². The van der Waals surface area contributed by atoms with Crippen LogP contribution in [0, 0.1) is 0 Å². The molecule has 1 atom stereocenters. The van der Waals surface area contributed by atoms with Crippen molar-refractivity contribution in [1.82, 2.24) is 9.88 Å². The normalized spacial score (nSPS) is 16.5. The van der Waals surface area contributed by atoms with Crippen molar-refractivity contribution >= 4 is 17.7 Å². The van der Waals surface area contributed by atoms with E-state index in [0.29, 0.717) is 25.9 Å². The van der Waals surface area contributed by atoms with Crippen LogP contribution in [0.25, 0.3) is 0 Å². The molecule has 6 nitrogen and oxygen atoms in total. The second-order valence-corrected chi connectivity index (χ2v) is 8.23. The lowest BCUT2D eigenvalue weighted by Gasteiger charge is -2.31. The van der Waals surface area contributed by atoms with Gasteiger partial charge in [-0.3, -0.25) is 14.7 Å². The fourth-order valence-electron chi connectivity index (χ4n) is 3.49. The average Bonchev–Trinajstić information content (AvgIpc) is 3.18. The maximum atomic E-state index is 13.5. The third-order valence-corrected chi connectivity index (χ3v) is 4.82. The van der Waals surface area contributed by atoms with Crippen LogP contribution in [0.1, 0.15) is 39.3 Å². The molecule has 2 heterocycles. The van der Waals surface area contributed by atoms with Gasteiger partial charge < -0.3 is 9.64 Å². The smallest absolute Gasteiger partial charge is 0.410 e. The van der Waals surface area contributed by atoms with E-state index in [1.165, 1.54) is 0 Å². The molecule has 2 aromatic rings. The van der Waals surface area contributed by atoms with E-state index in [1.54, 1.807) is 16.0 Å². The van der Waals surface area contributed by atoms with Gasteiger partial charge in [-0.1, -0.05) is 24.3 Å². The lowest BCUT2D eigenvalue weighted by Crippen LogP contribution is -2.49. The molecule has 0 bridgehead atoms. The van der Waals surface area contributed by atoms with Crippen LogP contribution in [0.5, 0.6) is 0 Å². The van der Waals surface area contributed by atoms with Gasteiger partial charge in [-0.25, -0.2) is 4.79 Å². The first-order valence-corrected chi connectivity index (χ1v) is 10.1. The molecule has 0 N–H and O–H groups in total. The lowest BCUT2D eigenvalue weighted by atomic mass is 10.1. The van der Waals surface area contributed by atoms with E-state index < -0.39 is 17.7 Å². The molecular weight excluding hydrogens is 366 g/mol. The summed E-state index contributed by atoms with van der Waals surface area (Å²) >= 11 is 0. The number of aromatic nitrogens is 1. The largest absolute Gasteiger partial charge is 0.444 e. The van der Waals surface area contributed by atoms with Crippen LogP contribution in [-0.2, 0) is 16.0 Å². The van der Waals surface area contributed by atoms with Crippen LogP contribution in [0.15, 0.2) is 54.7 Å². The predicted octanol–water partition coefficient (Wildman–Crippen LogP) is 4.06. The fraction of sp³-hybridized carbons (Fsp3) is 0.435. The number of ether oxygens (including phenoxy) is 1. The Morgan fingerprint density at radius 3 is 2.52 bits per heavy atom. The van der Waals surface area contributed by atoms with Gasteiger partial charge in [0.25, 0.3) is 0 Å². The maximum absolute atomic E-state index is 13.5. The number of pyridine rings is 1. The van der Waals surface area contributed by atoms with E-state index in [2.05, 4.69) is 4.98 Å². The van der Waals surface area contributed by atoms with Crippen molar-refractivity contribution in [3.63, 3.8) is 0 Å². The maximum Gasteiger partial charge on any atom is 0.410 e. The molecule has 1 fully saturated rings. The number of rotatable bonds is 5. The highest BCUT2D eigenvalue weighted by Gasteiger charge is 2.38. The minimum Gasteiger partial charge on any atom is -0.444 e. The fourth-order valence-corrected chi connectivity index (χ4v) is 3.49. The Kier molecular flexibility index (Phi) is 6.52. The molecule has 0 radical (unpaired) electrons. The molecule has 1 aromatic carbocycles. The molecule has 6 heteroatoms. The number of hydrogen-bond donors (Lipinski definition) is 0. The molecule has 0 saturated carbocycles. The van der Waals surface area contributed by atoms with Crippen molar-refractivity contribution in [2.45, 2.75) is 51.7 Å². The van der Waals surface area contributed by atoms with Gasteiger partial charge in [-0.15, -0.1) is 0 Å². The van der Waals surface area contributed by atoms with Gasteiger partial charge in [-0.05, 0) is 57.9 Å². The molecule has 0 unspecified atom stereocenters. The van der Waals surface area contributed by atoms with Gasteiger partial charge in [0, 0.05) is 37.1 Å². The Morgan fingerprint density at radius 1 is 1.14 bits per heavy atom. The summed E-state index contributed by atoms with van der Waals surface area (Å²) < 4.78 is 5.52. The van der Waals surface area contributed by atoms with E-state index in [9.17, 15) is 9.59 Å². The van der Waals surface area contributed by atoms with Crippen molar-refractivity contribution in [1.29, 1.82) is 0 Å². The predicted molar refractivity (Wildman–Crippen MR) is 113 cm³/mol. The van der Waals surface area contributed by atoms with E-state index in [0.717, 1.165) is 17.8 Å². The molecule has 2 amide bonds. The molecule has 0 spiro atoms.